The maximum Gasteiger partial charge on any atom is 0.288 e. The molecule has 0 unspecified atom stereocenters. The SMILES string of the molecule is CC(C)(C)C(=O)Nc1cccc(C(=O)NNC(=O)c2ccc3ccccc3n2)c1. The minimum atomic E-state index is -0.556. The number of para-hydroxylation sites is 1. The number of hydrazine groups is 1. The maximum atomic E-state index is 12.4. The van der Waals surface area contributed by atoms with Gasteiger partial charge in [-0.15, -0.1) is 0 Å². The van der Waals surface area contributed by atoms with Gasteiger partial charge in [0, 0.05) is 22.1 Å². The fourth-order valence-corrected chi connectivity index (χ4v) is 2.50. The highest BCUT2D eigenvalue weighted by atomic mass is 16.2. The number of fused-ring (bicyclic) bond motifs is 1. The zero-order chi connectivity index (χ0) is 21.0. The van der Waals surface area contributed by atoms with Crippen LogP contribution in [0.3, 0.4) is 0 Å². The van der Waals surface area contributed by atoms with Gasteiger partial charge in [-0.1, -0.05) is 51.1 Å². The monoisotopic (exact) mass is 390 g/mol. The summed E-state index contributed by atoms with van der Waals surface area (Å²) in [6, 6.07) is 17.3. The van der Waals surface area contributed by atoms with Crippen molar-refractivity contribution in [3.8, 4) is 0 Å². The van der Waals surface area contributed by atoms with E-state index in [9.17, 15) is 14.4 Å². The molecule has 29 heavy (non-hydrogen) atoms. The van der Waals surface area contributed by atoms with E-state index < -0.39 is 17.2 Å². The van der Waals surface area contributed by atoms with Crippen molar-refractivity contribution in [2.24, 2.45) is 5.41 Å². The van der Waals surface area contributed by atoms with Gasteiger partial charge in [0.2, 0.25) is 5.91 Å². The lowest BCUT2D eigenvalue weighted by Gasteiger charge is -2.18. The van der Waals surface area contributed by atoms with E-state index in [0.29, 0.717) is 16.8 Å². The topological polar surface area (TPSA) is 100 Å². The summed E-state index contributed by atoms with van der Waals surface area (Å²) >= 11 is 0. The lowest BCUT2D eigenvalue weighted by molar-refractivity contribution is -0.123. The van der Waals surface area contributed by atoms with Crippen LogP contribution in [0.25, 0.3) is 10.9 Å². The second-order valence-corrected chi connectivity index (χ2v) is 7.58. The van der Waals surface area contributed by atoms with E-state index in [1.807, 2.05) is 24.3 Å². The highest BCUT2D eigenvalue weighted by Crippen LogP contribution is 2.18. The fourth-order valence-electron chi connectivity index (χ4n) is 2.50. The first-order valence-electron chi connectivity index (χ1n) is 9.12. The van der Waals surface area contributed by atoms with E-state index >= 15 is 0 Å². The molecule has 7 nitrogen and oxygen atoms in total. The molecule has 0 bridgehead atoms. The normalized spacial score (nSPS) is 11.0. The van der Waals surface area contributed by atoms with Gasteiger partial charge < -0.3 is 5.32 Å². The van der Waals surface area contributed by atoms with E-state index in [4.69, 9.17) is 0 Å². The molecule has 0 saturated heterocycles. The molecule has 3 rings (SSSR count). The zero-order valence-corrected chi connectivity index (χ0v) is 16.4. The molecule has 0 atom stereocenters. The number of nitrogens with zero attached hydrogens (tertiary/aromatic N) is 1. The second kappa shape index (κ2) is 8.10. The van der Waals surface area contributed by atoms with Gasteiger partial charge >= 0.3 is 0 Å². The van der Waals surface area contributed by atoms with Gasteiger partial charge in [0.1, 0.15) is 5.69 Å². The Hall–Kier alpha value is -3.74. The van der Waals surface area contributed by atoms with Gasteiger partial charge in [0.25, 0.3) is 11.8 Å². The molecule has 2 aromatic carbocycles. The third kappa shape index (κ3) is 4.95. The smallest absolute Gasteiger partial charge is 0.288 e. The molecule has 148 valence electrons. The Labute approximate surface area is 168 Å². The summed E-state index contributed by atoms with van der Waals surface area (Å²) in [7, 11) is 0. The number of rotatable bonds is 3. The predicted octanol–water partition coefficient (Wildman–Crippen LogP) is 3.29. The van der Waals surface area contributed by atoms with Crippen molar-refractivity contribution in [1.29, 1.82) is 0 Å². The van der Waals surface area contributed by atoms with Crippen molar-refractivity contribution in [2.45, 2.75) is 20.8 Å². The van der Waals surface area contributed by atoms with Crippen LogP contribution in [-0.2, 0) is 4.79 Å². The van der Waals surface area contributed by atoms with Crippen molar-refractivity contribution >= 4 is 34.3 Å². The first-order chi connectivity index (χ1) is 13.7. The van der Waals surface area contributed by atoms with Crippen LogP contribution in [0.4, 0.5) is 5.69 Å². The van der Waals surface area contributed by atoms with Crippen LogP contribution in [0.15, 0.2) is 60.7 Å². The molecule has 1 heterocycles. The Morgan fingerprint density at radius 2 is 1.55 bits per heavy atom. The molecule has 1 aromatic heterocycles. The number of anilines is 1. The molecule has 0 aliphatic heterocycles. The number of pyridine rings is 1. The molecule has 0 aliphatic rings. The van der Waals surface area contributed by atoms with E-state index in [1.165, 1.54) is 0 Å². The summed E-state index contributed by atoms with van der Waals surface area (Å²) in [6.07, 6.45) is 0. The van der Waals surface area contributed by atoms with Crippen molar-refractivity contribution < 1.29 is 14.4 Å². The van der Waals surface area contributed by atoms with Crippen molar-refractivity contribution in [3.05, 3.63) is 71.9 Å². The maximum absolute atomic E-state index is 12.4. The third-order valence-corrected chi connectivity index (χ3v) is 4.18. The minimum absolute atomic E-state index is 0.161. The average molecular weight is 390 g/mol. The number of nitrogens with one attached hydrogen (secondary N) is 3. The zero-order valence-electron chi connectivity index (χ0n) is 16.4. The van der Waals surface area contributed by atoms with Crippen LogP contribution in [0, 0.1) is 5.41 Å². The number of amides is 3. The van der Waals surface area contributed by atoms with Crippen molar-refractivity contribution in [3.63, 3.8) is 0 Å². The molecule has 0 fully saturated rings. The standard InChI is InChI=1S/C22H22N4O3/c1-22(2,3)21(29)23-16-9-6-8-15(13-16)19(27)25-26-20(28)18-12-11-14-7-4-5-10-17(14)24-18/h4-13H,1-3H3,(H,23,29)(H,25,27)(H,26,28). The molecule has 0 radical (unpaired) electrons. The molecule has 7 heteroatoms. The van der Waals surface area contributed by atoms with Gasteiger partial charge in [0.05, 0.1) is 5.52 Å². The van der Waals surface area contributed by atoms with Crippen molar-refractivity contribution in [1.82, 2.24) is 15.8 Å². The number of hydrogen-bond acceptors (Lipinski definition) is 4. The molecular formula is C22H22N4O3. The molecule has 3 aromatic rings. The van der Waals surface area contributed by atoms with Crippen LogP contribution in [0.5, 0.6) is 0 Å². The molecule has 3 N–H and O–H groups in total. The molecule has 0 aliphatic carbocycles. The highest BCUT2D eigenvalue weighted by Gasteiger charge is 2.21. The highest BCUT2D eigenvalue weighted by molar-refractivity contribution is 6.00. The van der Waals surface area contributed by atoms with Gasteiger partial charge in [-0.05, 0) is 30.3 Å². The third-order valence-electron chi connectivity index (χ3n) is 4.18. The Morgan fingerprint density at radius 3 is 2.31 bits per heavy atom. The minimum Gasteiger partial charge on any atom is -0.326 e. The number of benzene rings is 2. The summed E-state index contributed by atoms with van der Waals surface area (Å²) in [4.78, 5) is 41.1. The summed E-state index contributed by atoms with van der Waals surface area (Å²) in [5, 5.41) is 3.69. The van der Waals surface area contributed by atoms with E-state index in [0.717, 1.165) is 5.39 Å². The van der Waals surface area contributed by atoms with Gasteiger partial charge in [-0.2, -0.15) is 0 Å². The number of carbonyl (C=O) groups excluding carboxylic acids is 3. The summed E-state index contributed by atoms with van der Waals surface area (Å²) in [5.74, 6) is -1.20. The van der Waals surface area contributed by atoms with E-state index in [-0.39, 0.29) is 11.6 Å². The Morgan fingerprint density at radius 1 is 0.828 bits per heavy atom. The molecule has 3 amide bonds. The summed E-state index contributed by atoms with van der Waals surface area (Å²) in [5.41, 5.74) is 5.84. The lowest BCUT2D eigenvalue weighted by Crippen LogP contribution is -2.42. The van der Waals surface area contributed by atoms with Crippen molar-refractivity contribution in [2.75, 3.05) is 5.32 Å². The largest absolute Gasteiger partial charge is 0.326 e. The first-order valence-corrected chi connectivity index (χ1v) is 9.12. The Balaban J connectivity index is 1.64. The molecular weight excluding hydrogens is 368 g/mol. The van der Waals surface area contributed by atoms with Crippen LogP contribution >= 0.6 is 0 Å². The van der Waals surface area contributed by atoms with Crippen LogP contribution < -0.4 is 16.2 Å². The fraction of sp³-hybridized carbons (Fsp3) is 0.182. The first kappa shape index (κ1) is 20.0. The predicted molar refractivity (Wildman–Crippen MR) is 111 cm³/mol. The Bertz CT molecular complexity index is 1090. The van der Waals surface area contributed by atoms with Gasteiger partial charge in [-0.3, -0.25) is 25.2 Å². The second-order valence-electron chi connectivity index (χ2n) is 7.58. The van der Waals surface area contributed by atoms with Crippen LogP contribution in [-0.4, -0.2) is 22.7 Å². The van der Waals surface area contributed by atoms with E-state index in [1.54, 1.807) is 57.2 Å². The van der Waals surface area contributed by atoms with E-state index in [2.05, 4.69) is 21.2 Å². The Kier molecular flexibility index (Phi) is 5.59. The quantitative estimate of drug-likeness (QED) is 0.598. The molecule has 0 spiro atoms. The van der Waals surface area contributed by atoms with Gasteiger partial charge in [-0.25, -0.2) is 4.98 Å². The summed E-state index contributed by atoms with van der Waals surface area (Å²) < 4.78 is 0. The lowest BCUT2D eigenvalue weighted by atomic mass is 9.95. The average Bonchev–Trinajstić information content (AvgIpc) is 2.70. The number of hydrogen-bond donors (Lipinski definition) is 3. The molecule has 0 saturated carbocycles. The van der Waals surface area contributed by atoms with Crippen LogP contribution in [0.2, 0.25) is 0 Å². The number of aromatic nitrogens is 1. The van der Waals surface area contributed by atoms with Gasteiger partial charge in [0.15, 0.2) is 0 Å². The van der Waals surface area contributed by atoms with Crippen LogP contribution in [0.1, 0.15) is 41.6 Å². The number of carbonyl (C=O) groups is 3. The summed E-state index contributed by atoms with van der Waals surface area (Å²) in [6.45, 7) is 5.40.